The number of hydrogen-bond acceptors (Lipinski definition) is 6. The van der Waals surface area contributed by atoms with E-state index in [1.54, 1.807) is 0 Å². The number of aromatic amines is 1. The average Bonchev–Trinajstić information content (AvgIpc) is 2.08. The second kappa shape index (κ2) is 2.81. The van der Waals surface area contributed by atoms with Crippen LogP contribution in [-0.4, -0.2) is 19.9 Å². The second-order valence-electron chi connectivity index (χ2n) is 2.52. The predicted octanol–water partition coefficient (Wildman–Crippen LogP) is -0.469. The lowest BCUT2D eigenvalue weighted by atomic mass is 10.5. The molecule has 72 valence electrons. The van der Waals surface area contributed by atoms with E-state index >= 15 is 0 Å². The molecule has 0 saturated carbocycles. The molecule has 0 atom stereocenters. The van der Waals surface area contributed by atoms with E-state index in [1.165, 1.54) is 0 Å². The van der Waals surface area contributed by atoms with Crippen LogP contribution in [0.15, 0.2) is 4.79 Å². The number of halogens is 1. The molecule has 0 aliphatic carbocycles. The van der Waals surface area contributed by atoms with Crippen molar-refractivity contribution < 1.29 is 0 Å². The van der Waals surface area contributed by atoms with Crippen LogP contribution >= 0.6 is 11.6 Å². The molecular formula is C6H5ClN6O. The fourth-order valence-corrected chi connectivity index (χ4v) is 1.13. The maximum absolute atomic E-state index is 11.1. The Balaban J connectivity index is 2.96. The lowest BCUT2D eigenvalue weighted by molar-refractivity contribution is 1.13. The van der Waals surface area contributed by atoms with Crippen molar-refractivity contribution in [3.63, 3.8) is 0 Å². The number of nitrogen functional groups attached to an aromatic ring is 2. The first-order chi connectivity index (χ1) is 6.58. The van der Waals surface area contributed by atoms with Crippen molar-refractivity contribution in [3.8, 4) is 0 Å². The zero-order valence-corrected chi connectivity index (χ0v) is 7.54. The topological polar surface area (TPSA) is 124 Å². The van der Waals surface area contributed by atoms with E-state index < -0.39 is 5.56 Å². The van der Waals surface area contributed by atoms with Crippen LogP contribution in [0.4, 0.5) is 11.8 Å². The number of nitrogens with one attached hydrogen (secondary N) is 1. The number of anilines is 2. The van der Waals surface area contributed by atoms with Crippen molar-refractivity contribution in [2.75, 3.05) is 11.5 Å². The van der Waals surface area contributed by atoms with Gasteiger partial charge in [-0.3, -0.25) is 4.79 Å². The molecule has 0 spiro atoms. The fourth-order valence-electron chi connectivity index (χ4n) is 0.996. The van der Waals surface area contributed by atoms with Gasteiger partial charge in [-0.05, 0) is 0 Å². The second-order valence-corrected chi connectivity index (χ2v) is 2.88. The summed E-state index contributed by atoms with van der Waals surface area (Å²) in [6.45, 7) is 0. The molecule has 2 heterocycles. The molecular weight excluding hydrogens is 208 g/mol. The van der Waals surface area contributed by atoms with Crippen LogP contribution in [0.5, 0.6) is 0 Å². The molecule has 0 fully saturated rings. The minimum absolute atomic E-state index is 0.0326. The Bertz CT molecular complexity index is 564. The van der Waals surface area contributed by atoms with Gasteiger partial charge in [0.05, 0.1) is 0 Å². The SMILES string of the molecule is Nc1nc(N)c2nc(Cl)c(=O)[nH]c2n1. The Labute approximate surface area is 82.1 Å². The van der Waals surface area contributed by atoms with Gasteiger partial charge in [0, 0.05) is 0 Å². The monoisotopic (exact) mass is 212 g/mol. The van der Waals surface area contributed by atoms with Crippen LogP contribution in [0, 0.1) is 0 Å². The van der Waals surface area contributed by atoms with Gasteiger partial charge in [-0.2, -0.15) is 9.97 Å². The fraction of sp³-hybridized carbons (Fsp3) is 0. The van der Waals surface area contributed by atoms with Gasteiger partial charge >= 0.3 is 0 Å². The standard InChI is InChI=1S/C6H5ClN6O/c7-2-5(14)12-4-1(10-2)3(8)11-6(9)13-4/h(H5,8,9,11,12,13,14). The van der Waals surface area contributed by atoms with Gasteiger partial charge in [-0.15, -0.1) is 0 Å². The molecule has 7 nitrogen and oxygen atoms in total. The minimum Gasteiger partial charge on any atom is -0.382 e. The van der Waals surface area contributed by atoms with Crippen LogP contribution in [0.3, 0.4) is 0 Å². The van der Waals surface area contributed by atoms with E-state index in [1.807, 2.05) is 0 Å². The van der Waals surface area contributed by atoms with Crippen LogP contribution in [0.1, 0.15) is 0 Å². The normalized spacial score (nSPS) is 10.6. The van der Waals surface area contributed by atoms with E-state index in [-0.39, 0.29) is 28.1 Å². The molecule has 0 aliphatic rings. The summed E-state index contributed by atoms with van der Waals surface area (Å²) in [7, 11) is 0. The molecule has 0 unspecified atom stereocenters. The highest BCUT2D eigenvalue weighted by atomic mass is 35.5. The van der Waals surface area contributed by atoms with Crippen molar-refractivity contribution in [2.24, 2.45) is 0 Å². The first-order valence-electron chi connectivity index (χ1n) is 3.56. The van der Waals surface area contributed by atoms with E-state index in [2.05, 4.69) is 19.9 Å². The maximum atomic E-state index is 11.1. The Morgan fingerprint density at radius 1 is 1.21 bits per heavy atom. The summed E-state index contributed by atoms with van der Waals surface area (Å²) >= 11 is 5.50. The zero-order valence-electron chi connectivity index (χ0n) is 6.78. The highest BCUT2D eigenvalue weighted by Crippen LogP contribution is 2.13. The summed E-state index contributed by atoms with van der Waals surface area (Å²) in [5.41, 5.74) is 10.7. The number of H-pyrrole nitrogens is 1. The molecule has 0 bridgehead atoms. The molecule has 0 saturated heterocycles. The molecule has 0 aliphatic heterocycles. The number of hydrogen-bond donors (Lipinski definition) is 3. The molecule has 0 amide bonds. The molecule has 0 aromatic carbocycles. The minimum atomic E-state index is -0.545. The summed E-state index contributed by atoms with van der Waals surface area (Å²) in [6.07, 6.45) is 0. The largest absolute Gasteiger partial charge is 0.382 e. The summed E-state index contributed by atoms with van der Waals surface area (Å²) in [6, 6.07) is 0. The Hall–Kier alpha value is -1.89. The number of nitrogens with two attached hydrogens (primary N) is 2. The highest BCUT2D eigenvalue weighted by Gasteiger charge is 2.08. The third kappa shape index (κ3) is 1.23. The van der Waals surface area contributed by atoms with Crippen LogP contribution in [-0.2, 0) is 0 Å². The Morgan fingerprint density at radius 3 is 2.64 bits per heavy atom. The molecule has 14 heavy (non-hydrogen) atoms. The van der Waals surface area contributed by atoms with E-state index in [9.17, 15) is 4.79 Å². The maximum Gasteiger partial charge on any atom is 0.287 e. The van der Waals surface area contributed by atoms with Crippen molar-refractivity contribution in [2.45, 2.75) is 0 Å². The number of nitrogens with zero attached hydrogens (tertiary/aromatic N) is 3. The van der Waals surface area contributed by atoms with Gasteiger partial charge in [0.1, 0.15) is 5.52 Å². The lowest BCUT2D eigenvalue weighted by Gasteiger charge is -2.00. The third-order valence-electron chi connectivity index (χ3n) is 1.56. The molecule has 0 radical (unpaired) electrons. The van der Waals surface area contributed by atoms with Crippen molar-refractivity contribution in [3.05, 3.63) is 15.5 Å². The van der Waals surface area contributed by atoms with Gasteiger partial charge in [0.2, 0.25) is 5.95 Å². The van der Waals surface area contributed by atoms with Crippen molar-refractivity contribution >= 4 is 34.5 Å². The molecule has 5 N–H and O–H groups in total. The number of fused-ring (bicyclic) bond motifs is 1. The third-order valence-corrected chi connectivity index (χ3v) is 1.81. The first kappa shape index (κ1) is 8.70. The summed E-state index contributed by atoms with van der Waals surface area (Å²) in [4.78, 5) is 24.6. The van der Waals surface area contributed by atoms with Crippen LogP contribution < -0.4 is 17.0 Å². The molecule has 2 rings (SSSR count). The zero-order chi connectivity index (χ0) is 10.3. The molecule has 2 aromatic rings. The highest BCUT2D eigenvalue weighted by molar-refractivity contribution is 6.29. The predicted molar refractivity (Wildman–Crippen MR) is 51.8 cm³/mol. The van der Waals surface area contributed by atoms with Gasteiger partial charge in [-0.25, -0.2) is 4.98 Å². The number of aromatic nitrogens is 4. The molecule has 2 aromatic heterocycles. The Morgan fingerprint density at radius 2 is 1.93 bits per heavy atom. The summed E-state index contributed by atoms with van der Waals surface area (Å²) in [5.74, 6) is 0.0421. The Kier molecular flexibility index (Phi) is 1.74. The molecule has 8 heteroatoms. The van der Waals surface area contributed by atoms with Crippen molar-refractivity contribution in [1.29, 1.82) is 0 Å². The van der Waals surface area contributed by atoms with E-state index in [0.717, 1.165) is 0 Å². The van der Waals surface area contributed by atoms with Crippen LogP contribution in [0.2, 0.25) is 5.15 Å². The lowest BCUT2D eigenvalue weighted by Crippen LogP contribution is -2.12. The van der Waals surface area contributed by atoms with Gasteiger partial charge in [0.25, 0.3) is 5.56 Å². The van der Waals surface area contributed by atoms with Gasteiger partial charge in [-0.1, -0.05) is 11.6 Å². The van der Waals surface area contributed by atoms with Crippen molar-refractivity contribution in [1.82, 2.24) is 19.9 Å². The van der Waals surface area contributed by atoms with Crippen LogP contribution in [0.25, 0.3) is 11.2 Å². The average molecular weight is 213 g/mol. The van der Waals surface area contributed by atoms with Gasteiger partial charge < -0.3 is 16.5 Å². The quantitative estimate of drug-likeness (QED) is 0.542. The summed E-state index contributed by atoms with van der Waals surface area (Å²) in [5, 5.41) is -0.211. The van der Waals surface area contributed by atoms with E-state index in [0.29, 0.717) is 0 Å². The smallest absolute Gasteiger partial charge is 0.287 e. The van der Waals surface area contributed by atoms with E-state index in [4.69, 9.17) is 23.1 Å². The summed E-state index contributed by atoms with van der Waals surface area (Å²) < 4.78 is 0. The first-order valence-corrected chi connectivity index (χ1v) is 3.94. The van der Waals surface area contributed by atoms with Gasteiger partial charge in [0.15, 0.2) is 16.6 Å². The number of rotatable bonds is 0.